The summed E-state index contributed by atoms with van der Waals surface area (Å²) < 4.78 is 1.88. The first kappa shape index (κ1) is 8.90. The van der Waals surface area contributed by atoms with Gasteiger partial charge in [0.2, 0.25) is 0 Å². The van der Waals surface area contributed by atoms with Gasteiger partial charge in [-0.1, -0.05) is 0 Å². The lowest BCUT2D eigenvalue weighted by Crippen LogP contribution is -2.02. The molecule has 2 aromatic heterocycles. The van der Waals surface area contributed by atoms with E-state index in [1.807, 2.05) is 23.8 Å². The van der Waals surface area contributed by atoms with Gasteiger partial charge in [-0.05, 0) is 24.1 Å². The molecule has 2 aromatic rings. The molecule has 0 atom stereocenters. The summed E-state index contributed by atoms with van der Waals surface area (Å²) in [5.74, 6) is 0.903. The third kappa shape index (κ3) is 1.52. The largest absolute Gasteiger partial charge is 0.326 e. The molecule has 0 aliphatic carbocycles. The molecule has 0 bridgehead atoms. The molecular weight excluding hydrogens is 176 g/mol. The van der Waals surface area contributed by atoms with Gasteiger partial charge < -0.3 is 5.73 Å². The van der Waals surface area contributed by atoms with E-state index < -0.39 is 0 Å². The number of rotatable bonds is 2. The van der Waals surface area contributed by atoms with Gasteiger partial charge in [-0.3, -0.25) is 4.57 Å². The third-order valence-electron chi connectivity index (χ3n) is 2.09. The molecule has 2 N–H and O–H groups in total. The molecule has 2 heterocycles. The zero-order valence-corrected chi connectivity index (χ0v) is 8.01. The quantitative estimate of drug-likeness (QED) is 0.766. The lowest BCUT2D eigenvalue weighted by atomic mass is 10.2. The Bertz CT molecular complexity index is 420. The van der Waals surface area contributed by atoms with Crippen molar-refractivity contribution in [2.45, 2.75) is 13.5 Å². The van der Waals surface area contributed by atoms with Crippen LogP contribution in [0.1, 0.15) is 11.1 Å². The summed E-state index contributed by atoms with van der Waals surface area (Å²) in [5, 5.41) is 0. The fourth-order valence-corrected chi connectivity index (χ4v) is 1.39. The minimum Gasteiger partial charge on any atom is -0.326 e. The monoisotopic (exact) mass is 188 g/mol. The highest BCUT2D eigenvalue weighted by Crippen LogP contribution is 2.11. The summed E-state index contributed by atoms with van der Waals surface area (Å²) in [4.78, 5) is 8.32. The standard InChI is InChI=1S/C10H12N4/c1-8-4-9(5-11)6-13-10(8)14-3-2-12-7-14/h2-4,6-7H,5,11H2,1H3. The first-order chi connectivity index (χ1) is 6.81. The number of pyridine rings is 1. The van der Waals surface area contributed by atoms with Crippen molar-refractivity contribution < 1.29 is 0 Å². The number of hydrogen-bond donors (Lipinski definition) is 1. The molecule has 0 aliphatic heterocycles. The molecule has 14 heavy (non-hydrogen) atoms. The SMILES string of the molecule is Cc1cc(CN)cnc1-n1ccnc1. The van der Waals surface area contributed by atoms with Crippen LogP contribution in [0.2, 0.25) is 0 Å². The number of aryl methyl sites for hydroxylation is 1. The summed E-state index contributed by atoms with van der Waals surface area (Å²) >= 11 is 0. The minimum absolute atomic E-state index is 0.526. The first-order valence-electron chi connectivity index (χ1n) is 4.45. The smallest absolute Gasteiger partial charge is 0.140 e. The van der Waals surface area contributed by atoms with E-state index in [9.17, 15) is 0 Å². The van der Waals surface area contributed by atoms with Gasteiger partial charge in [0, 0.05) is 25.1 Å². The van der Waals surface area contributed by atoms with Gasteiger partial charge in [-0.2, -0.15) is 0 Å². The van der Waals surface area contributed by atoms with Gasteiger partial charge in [0.15, 0.2) is 0 Å². The molecule has 4 heteroatoms. The second kappa shape index (κ2) is 3.59. The maximum atomic E-state index is 5.53. The summed E-state index contributed by atoms with van der Waals surface area (Å²) in [5.41, 5.74) is 7.68. The summed E-state index contributed by atoms with van der Waals surface area (Å²) in [6, 6.07) is 2.04. The molecule has 2 rings (SSSR count). The van der Waals surface area contributed by atoms with Crippen LogP contribution in [0, 0.1) is 6.92 Å². The highest BCUT2D eigenvalue weighted by atomic mass is 15.1. The van der Waals surface area contributed by atoms with E-state index >= 15 is 0 Å². The molecule has 72 valence electrons. The Balaban J connectivity index is 2.46. The van der Waals surface area contributed by atoms with Crippen LogP contribution in [-0.4, -0.2) is 14.5 Å². The zero-order valence-electron chi connectivity index (χ0n) is 8.01. The highest BCUT2D eigenvalue weighted by molar-refractivity contribution is 5.35. The van der Waals surface area contributed by atoms with E-state index in [-0.39, 0.29) is 0 Å². The predicted molar refractivity (Wildman–Crippen MR) is 54.0 cm³/mol. The van der Waals surface area contributed by atoms with Crippen molar-refractivity contribution in [3.05, 3.63) is 42.1 Å². The number of nitrogens with two attached hydrogens (primary N) is 1. The lowest BCUT2D eigenvalue weighted by Gasteiger charge is -2.06. The van der Waals surface area contributed by atoms with Crippen LogP contribution in [0.3, 0.4) is 0 Å². The average Bonchev–Trinajstić information content (AvgIpc) is 2.70. The second-order valence-corrected chi connectivity index (χ2v) is 3.16. The Morgan fingerprint density at radius 2 is 2.36 bits per heavy atom. The topological polar surface area (TPSA) is 56.7 Å². The molecule has 0 spiro atoms. The molecule has 0 aromatic carbocycles. The van der Waals surface area contributed by atoms with Crippen LogP contribution >= 0.6 is 0 Å². The fourth-order valence-electron chi connectivity index (χ4n) is 1.39. The van der Waals surface area contributed by atoms with Crippen molar-refractivity contribution in [2.75, 3.05) is 0 Å². The van der Waals surface area contributed by atoms with Crippen molar-refractivity contribution in [3.63, 3.8) is 0 Å². The Kier molecular flexibility index (Phi) is 2.28. The Labute approximate surface area is 82.4 Å². The van der Waals surface area contributed by atoms with Gasteiger partial charge in [0.05, 0.1) is 0 Å². The van der Waals surface area contributed by atoms with Gasteiger partial charge in [-0.15, -0.1) is 0 Å². The van der Waals surface area contributed by atoms with Crippen LogP contribution in [0.4, 0.5) is 0 Å². The third-order valence-corrected chi connectivity index (χ3v) is 2.09. The molecule has 4 nitrogen and oxygen atoms in total. The van der Waals surface area contributed by atoms with Crippen LogP contribution in [0.5, 0.6) is 0 Å². The molecule has 0 saturated heterocycles. The Morgan fingerprint density at radius 1 is 1.50 bits per heavy atom. The number of nitrogens with zero attached hydrogens (tertiary/aromatic N) is 3. The van der Waals surface area contributed by atoms with E-state index in [4.69, 9.17) is 5.73 Å². The molecule has 0 aliphatic rings. The first-order valence-corrected chi connectivity index (χ1v) is 4.45. The van der Waals surface area contributed by atoms with Crippen LogP contribution in [0.15, 0.2) is 31.0 Å². The van der Waals surface area contributed by atoms with Crippen LogP contribution in [0.25, 0.3) is 5.82 Å². The molecule has 0 saturated carbocycles. The number of hydrogen-bond acceptors (Lipinski definition) is 3. The molecule has 0 fully saturated rings. The Morgan fingerprint density at radius 3 is 2.93 bits per heavy atom. The molecule has 0 amide bonds. The van der Waals surface area contributed by atoms with E-state index in [1.165, 1.54) is 0 Å². The fraction of sp³-hybridized carbons (Fsp3) is 0.200. The Hall–Kier alpha value is -1.68. The number of imidazole rings is 1. The van der Waals surface area contributed by atoms with Gasteiger partial charge in [0.25, 0.3) is 0 Å². The molecule has 0 radical (unpaired) electrons. The lowest BCUT2D eigenvalue weighted by molar-refractivity contribution is 0.951. The number of aromatic nitrogens is 3. The van der Waals surface area contributed by atoms with Gasteiger partial charge in [0.1, 0.15) is 12.1 Å². The average molecular weight is 188 g/mol. The summed E-state index contributed by atoms with van der Waals surface area (Å²) in [7, 11) is 0. The van der Waals surface area contributed by atoms with Crippen LogP contribution < -0.4 is 5.73 Å². The summed E-state index contributed by atoms with van der Waals surface area (Å²) in [6.07, 6.45) is 7.13. The predicted octanol–water partition coefficient (Wildman–Crippen LogP) is 1.03. The summed E-state index contributed by atoms with van der Waals surface area (Å²) in [6.45, 7) is 2.54. The van der Waals surface area contributed by atoms with Crippen molar-refractivity contribution in [1.82, 2.24) is 14.5 Å². The van der Waals surface area contributed by atoms with Gasteiger partial charge in [-0.25, -0.2) is 9.97 Å². The zero-order chi connectivity index (χ0) is 9.97. The van der Waals surface area contributed by atoms with E-state index in [2.05, 4.69) is 9.97 Å². The maximum Gasteiger partial charge on any atom is 0.140 e. The maximum absolute atomic E-state index is 5.53. The second-order valence-electron chi connectivity index (χ2n) is 3.16. The van der Waals surface area contributed by atoms with E-state index in [0.717, 1.165) is 16.9 Å². The van der Waals surface area contributed by atoms with Gasteiger partial charge >= 0.3 is 0 Å². The van der Waals surface area contributed by atoms with Crippen molar-refractivity contribution in [1.29, 1.82) is 0 Å². The molecule has 0 unspecified atom stereocenters. The molecular formula is C10H12N4. The minimum atomic E-state index is 0.526. The van der Waals surface area contributed by atoms with Crippen molar-refractivity contribution in [2.24, 2.45) is 5.73 Å². The van der Waals surface area contributed by atoms with Crippen molar-refractivity contribution >= 4 is 0 Å². The van der Waals surface area contributed by atoms with Crippen LogP contribution in [-0.2, 0) is 6.54 Å². The van der Waals surface area contributed by atoms with E-state index in [1.54, 1.807) is 18.7 Å². The normalized spacial score (nSPS) is 10.4. The highest BCUT2D eigenvalue weighted by Gasteiger charge is 2.02. The van der Waals surface area contributed by atoms with Crippen molar-refractivity contribution in [3.8, 4) is 5.82 Å². The van der Waals surface area contributed by atoms with E-state index in [0.29, 0.717) is 6.54 Å².